The van der Waals surface area contributed by atoms with Gasteiger partial charge in [-0.05, 0) is 30.7 Å². The summed E-state index contributed by atoms with van der Waals surface area (Å²) in [6, 6.07) is 11.9. The molecule has 90 valence electrons. The third kappa shape index (κ3) is 1.34. The van der Waals surface area contributed by atoms with Crippen LogP contribution in [0.3, 0.4) is 0 Å². The third-order valence-corrected chi connectivity index (χ3v) is 3.24. The van der Waals surface area contributed by atoms with Gasteiger partial charge < -0.3 is 4.74 Å². The number of carbonyl (C=O) groups excluding carboxylic acids is 1. The number of hydrogen-bond acceptors (Lipinski definition) is 2. The molecule has 2 aromatic carbocycles. The van der Waals surface area contributed by atoms with Crippen LogP contribution in [0.4, 0.5) is 0 Å². The second-order valence-electron chi connectivity index (χ2n) is 4.36. The van der Waals surface area contributed by atoms with Gasteiger partial charge in [-0.3, -0.25) is 9.36 Å². The van der Waals surface area contributed by atoms with Crippen LogP contribution in [0.25, 0.3) is 21.8 Å². The molecule has 18 heavy (non-hydrogen) atoms. The maximum atomic E-state index is 11.4. The summed E-state index contributed by atoms with van der Waals surface area (Å²) in [6.45, 7) is 2.02. The Morgan fingerprint density at radius 2 is 1.94 bits per heavy atom. The minimum Gasteiger partial charge on any atom is -0.495 e. The quantitative estimate of drug-likeness (QED) is 0.643. The van der Waals surface area contributed by atoms with Crippen molar-refractivity contribution in [2.75, 3.05) is 7.11 Å². The molecule has 0 fully saturated rings. The molecule has 0 aliphatic rings. The normalized spacial score (nSPS) is 11.0. The van der Waals surface area contributed by atoms with Gasteiger partial charge in [0.2, 0.25) is 6.41 Å². The first kappa shape index (κ1) is 10.8. The van der Waals surface area contributed by atoms with Crippen LogP contribution in [-0.2, 0) is 4.79 Å². The van der Waals surface area contributed by atoms with Gasteiger partial charge in [-0.1, -0.05) is 18.2 Å². The summed E-state index contributed by atoms with van der Waals surface area (Å²) < 4.78 is 7.04. The van der Waals surface area contributed by atoms with E-state index in [-0.39, 0.29) is 0 Å². The Bertz CT molecular complexity index is 756. The number of methoxy groups -OCH3 is 1. The van der Waals surface area contributed by atoms with Crippen molar-refractivity contribution in [3.05, 3.63) is 42.0 Å². The van der Waals surface area contributed by atoms with Gasteiger partial charge in [0, 0.05) is 10.8 Å². The number of aryl methyl sites for hydroxylation is 1. The lowest BCUT2D eigenvalue weighted by Gasteiger charge is -2.05. The fraction of sp³-hybridized carbons (Fsp3) is 0.133. The third-order valence-electron chi connectivity index (χ3n) is 3.24. The second-order valence-corrected chi connectivity index (χ2v) is 4.36. The zero-order chi connectivity index (χ0) is 12.7. The number of rotatable bonds is 2. The Hall–Kier alpha value is -2.29. The summed E-state index contributed by atoms with van der Waals surface area (Å²) >= 11 is 0. The van der Waals surface area contributed by atoms with E-state index in [1.165, 1.54) is 0 Å². The van der Waals surface area contributed by atoms with Gasteiger partial charge in [0.15, 0.2) is 0 Å². The first-order valence-corrected chi connectivity index (χ1v) is 5.79. The van der Waals surface area contributed by atoms with E-state index in [0.717, 1.165) is 39.5 Å². The molecule has 0 amide bonds. The molecule has 1 aromatic heterocycles. The van der Waals surface area contributed by atoms with Crippen molar-refractivity contribution in [2.45, 2.75) is 6.92 Å². The number of aromatic nitrogens is 1. The largest absolute Gasteiger partial charge is 0.495 e. The molecule has 0 atom stereocenters. The number of ether oxygens (including phenoxy) is 1. The van der Waals surface area contributed by atoms with Gasteiger partial charge in [0.1, 0.15) is 5.75 Å². The molecule has 0 aliphatic carbocycles. The highest BCUT2D eigenvalue weighted by atomic mass is 16.5. The van der Waals surface area contributed by atoms with Crippen LogP contribution >= 0.6 is 0 Å². The SMILES string of the molecule is COc1cc(C)cc2c3ccccc3n(C=O)c12. The van der Waals surface area contributed by atoms with Crippen molar-refractivity contribution in [3.63, 3.8) is 0 Å². The van der Waals surface area contributed by atoms with Crippen LogP contribution < -0.4 is 4.74 Å². The Morgan fingerprint density at radius 3 is 2.67 bits per heavy atom. The van der Waals surface area contributed by atoms with E-state index in [2.05, 4.69) is 6.07 Å². The summed E-state index contributed by atoms with van der Waals surface area (Å²) in [5, 5.41) is 2.12. The molecule has 3 heteroatoms. The molecule has 0 saturated carbocycles. The maximum absolute atomic E-state index is 11.4. The van der Waals surface area contributed by atoms with Crippen LogP contribution in [0.15, 0.2) is 36.4 Å². The molecule has 3 aromatic rings. The molecule has 0 N–H and O–H groups in total. The zero-order valence-corrected chi connectivity index (χ0v) is 10.3. The topological polar surface area (TPSA) is 31.2 Å². The highest BCUT2D eigenvalue weighted by molar-refractivity contribution is 6.13. The number of nitrogens with zero attached hydrogens (tertiary/aromatic N) is 1. The van der Waals surface area contributed by atoms with Crippen molar-refractivity contribution in [2.24, 2.45) is 0 Å². The first-order valence-electron chi connectivity index (χ1n) is 5.79. The number of hydrogen-bond donors (Lipinski definition) is 0. The van der Waals surface area contributed by atoms with Crippen molar-refractivity contribution in [1.29, 1.82) is 0 Å². The average molecular weight is 239 g/mol. The van der Waals surface area contributed by atoms with Gasteiger partial charge in [-0.2, -0.15) is 0 Å². The van der Waals surface area contributed by atoms with Crippen molar-refractivity contribution in [1.82, 2.24) is 4.57 Å². The highest BCUT2D eigenvalue weighted by Crippen LogP contribution is 2.34. The van der Waals surface area contributed by atoms with E-state index in [1.54, 1.807) is 11.7 Å². The number of benzene rings is 2. The molecule has 0 aliphatic heterocycles. The minimum absolute atomic E-state index is 0.730. The van der Waals surface area contributed by atoms with Crippen molar-refractivity contribution in [3.8, 4) is 5.75 Å². The van der Waals surface area contributed by atoms with E-state index < -0.39 is 0 Å². The summed E-state index contributed by atoms with van der Waals surface area (Å²) in [6.07, 6.45) is 0.836. The zero-order valence-electron chi connectivity index (χ0n) is 10.3. The predicted octanol–water partition coefficient (Wildman–Crippen LogP) is 3.15. The summed E-state index contributed by atoms with van der Waals surface area (Å²) in [4.78, 5) is 11.4. The van der Waals surface area contributed by atoms with Gasteiger partial charge in [-0.15, -0.1) is 0 Å². The monoisotopic (exact) mass is 239 g/mol. The van der Waals surface area contributed by atoms with Crippen LogP contribution in [0, 0.1) is 6.92 Å². The van der Waals surface area contributed by atoms with Crippen LogP contribution in [-0.4, -0.2) is 18.1 Å². The Morgan fingerprint density at radius 1 is 1.17 bits per heavy atom. The van der Waals surface area contributed by atoms with Crippen molar-refractivity contribution < 1.29 is 9.53 Å². The summed E-state index contributed by atoms with van der Waals surface area (Å²) in [7, 11) is 1.63. The molecule has 0 radical (unpaired) electrons. The molecule has 1 heterocycles. The molecule has 0 bridgehead atoms. The molecule has 3 nitrogen and oxygen atoms in total. The van der Waals surface area contributed by atoms with Crippen molar-refractivity contribution >= 4 is 28.2 Å². The fourth-order valence-corrected chi connectivity index (χ4v) is 2.50. The molecule has 3 rings (SSSR count). The lowest BCUT2D eigenvalue weighted by atomic mass is 10.1. The first-order chi connectivity index (χ1) is 8.76. The molecule has 0 saturated heterocycles. The second kappa shape index (κ2) is 3.88. The molecule has 0 unspecified atom stereocenters. The lowest BCUT2D eigenvalue weighted by molar-refractivity contribution is 0.418. The Labute approximate surface area is 105 Å². The Balaban J connectivity index is 2.63. The van der Waals surface area contributed by atoms with Gasteiger partial charge in [-0.25, -0.2) is 0 Å². The van der Waals surface area contributed by atoms with Crippen LogP contribution in [0.2, 0.25) is 0 Å². The number of carbonyl (C=O) groups is 1. The predicted molar refractivity (Wildman–Crippen MR) is 72.9 cm³/mol. The van der Waals surface area contributed by atoms with E-state index in [1.807, 2.05) is 37.3 Å². The molecular weight excluding hydrogens is 226 g/mol. The number of para-hydroxylation sites is 1. The van der Waals surface area contributed by atoms with Crippen LogP contribution in [0.5, 0.6) is 5.75 Å². The lowest BCUT2D eigenvalue weighted by Crippen LogP contribution is -1.96. The molecule has 0 spiro atoms. The van der Waals surface area contributed by atoms with Gasteiger partial charge in [0.25, 0.3) is 0 Å². The fourth-order valence-electron chi connectivity index (χ4n) is 2.50. The van der Waals surface area contributed by atoms with Gasteiger partial charge >= 0.3 is 0 Å². The van der Waals surface area contributed by atoms with E-state index in [9.17, 15) is 4.79 Å². The highest BCUT2D eigenvalue weighted by Gasteiger charge is 2.14. The molecular formula is C15H13NO2. The summed E-state index contributed by atoms with van der Waals surface area (Å²) in [5.74, 6) is 0.730. The van der Waals surface area contributed by atoms with Crippen LogP contribution in [0.1, 0.15) is 5.56 Å². The van der Waals surface area contributed by atoms with Gasteiger partial charge in [0.05, 0.1) is 18.1 Å². The van der Waals surface area contributed by atoms with E-state index in [0.29, 0.717) is 0 Å². The average Bonchev–Trinajstić information content (AvgIpc) is 2.72. The maximum Gasteiger partial charge on any atom is 0.218 e. The minimum atomic E-state index is 0.730. The standard InChI is InChI=1S/C15H13NO2/c1-10-7-12-11-5-3-4-6-13(11)16(9-17)15(12)14(8-10)18-2/h3-9H,1-2H3. The van der Waals surface area contributed by atoms with E-state index in [4.69, 9.17) is 4.74 Å². The van der Waals surface area contributed by atoms with E-state index >= 15 is 0 Å². The summed E-state index contributed by atoms with van der Waals surface area (Å²) in [5.41, 5.74) is 2.86. The Kier molecular flexibility index (Phi) is 2.33. The number of fused-ring (bicyclic) bond motifs is 3. The smallest absolute Gasteiger partial charge is 0.218 e.